The van der Waals surface area contributed by atoms with Crippen molar-refractivity contribution in [1.29, 1.82) is 0 Å². The summed E-state index contributed by atoms with van der Waals surface area (Å²) in [6.45, 7) is 0. The lowest BCUT2D eigenvalue weighted by molar-refractivity contribution is -0.137. The number of benzene rings is 3. The van der Waals surface area contributed by atoms with Gasteiger partial charge in [-0.1, -0.05) is 78.3 Å². The monoisotopic (exact) mass is 426 g/mol. The number of allylic oxidation sites excluding steroid dienone is 1. The number of halogens is 4. The molecule has 0 saturated heterocycles. The van der Waals surface area contributed by atoms with Gasteiger partial charge in [0.05, 0.1) is 28.0 Å². The van der Waals surface area contributed by atoms with Crippen molar-refractivity contribution in [2.45, 2.75) is 18.6 Å². The lowest BCUT2D eigenvalue weighted by Crippen LogP contribution is -2.19. The molecule has 1 aliphatic rings. The molecule has 0 bridgehead atoms. The van der Waals surface area contributed by atoms with E-state index in [1.165, 1.54) is 6.07 Å². The SMILES string of the molecule is FC(F)(F)c1ccc(Cl)c(N2N=C(/C=C\c3ccccc3)C[C@@H]2c2ccccc2)c1. The van der Waals surface area contributed by atoms with Crippen molar-refractivity contribution < 1.29 is 13.2 Å². The molecule has 0 spiro atoms. The number of anilines is 1. The number of hydrazone groups is 1. The van der Waals surface area contributed by atoms with E-state index >= 15 is 0 Å². The van der Waals surface area contributed by atoms with Crippen LogP contribution < -0.4 is 5.01 Å². The minimum atomic E-state index is -4.46. The standard InChI is InChI=1S/C24H18ClF3N2/c25-21-14-12-19(24(26,27)28)15-23(21)30-22(18-9-5-2-6-10-18)16-20(29-30)13-11-17-7-3-1-4-8-17/h1-15,22H,16H2/b13-11-/t22-/m1/s1. The highest BCUT2D eigenvalue weighted by atomic mass is 35.5. The van der Waals surface area contributed by atoms with Gasteiger partial charge in [-0.25, -0.2) is 0 Å². The third kappa shape index (κ3) is 4.41. The fourth-order valence-electron chi connectivity index (χ4n) is 3.41. The van der Waals surface area contributed by atoms with E-state index in [-0.39, 0.29) is 16.8 Å². The second-order valence-corrected chi connectivity index (χ2v) is 7.38. The van der Waals surface area contributed by atoms with E-state index < -0.39 is 11.7 Å². The number of alkyl halides is 3. The molecular weight excluding hydrogens is 409 g/mol. The van der Waals surface area contributed by atoms with Crippen molar-refractivity contribution in [2.75, 3.05) is 5.01 Å². The Labute approximate surface area is 177 Å². The molecule has 3 aromatic carbocycles. The third-order valence-corrected chi connectivity index (χ3v) is 5.23. The Morgan fingerprint density at radius 1 is 0.900 bits per heavy atom. The fraction of sp³-hybridized carbons (Fsp3) is 0.125. The molecule has 0 radical (unpaired) electrons. The van der Waals surface area contributed by atoms with Crippen LogP contribution in [0.4, 0.5) is 18.9 Å². The first-order chi connectivity index (χ1) is 14.4. The number of nitrogens with zero attached hydrogens (tertiary/aromatic N) is 2. The van der Waals surface area contributed by atoms with Gasteiger partial charge >= 0.3 is 6.18 Å². The largest absolute Gasteiger partial charge is 0.416 e. The molecule has 0 amide bonds. The van der Waals surface area contributed by atoms with Crippen LogP contribution >= 0.6 is 11.6 Å². The Bertz CT molecular complexity index is 1080. The first-order valence-electron chi connectivity index (χ1n) is 9.43. The zero-order chi connectivity index (χ0) is 21.1. The summed E-state index contributed by atoms with van der Waals surface area (Å²) in [5.41, 5.74) is 2.23. The zero-order valence-electron chi connectivity index (χ0n) is 15.9. The predicted octanol–water partition coefficient (Wildman–Crippen LogP) is 7.38. The lowest BCUT2D eigenvalue weighted by Gasteiger charge is -2.25. The molecule has 0 fully saturated rings. The van der Waals surface area contributed by atoms with Gasteiger partial charge in [-0.2, -0.15) is 18.3 Å². The molecule has 3 aromatic rings. The van der Waals surface area contributed by atoms with Gasteiger partial charge < -0.3 is 0 Å². The van der Waals surface area contributed by atoms with Gasteiger partial charge in [0.25, 0.3) is 0 Å². The van der Waals surface area contributed by atoms with Crippen LogP contribution in [0.25, 0.3) is 6.08 Å². The molecule has 4 rings (SSSR count). The van der Waals surface area contributed by atoms with Crippen LogP contribution in [0, 0.1) is 0 Å². The highest BCUT2D eigenvalue weighted by Gasteiger charge is 2.34. The maximum Gasteiger partial charge on any atom is 0.416 e. The maximum atomic E-state index is 13.3. The highest BCUT2D eigenvalue weighted by molar-refractivity contribution is 6.33. The van der Waals surface area contributed by atoms with Crippen molar-refractivity contribution in [2.24, 2.45) is 5.10 Å². The van der Waals surface area contributed by atoms with Gasteiger partial charge in [-0.15, -0.1) is 0 Å². The summed E-state index contributed by atoms with van der Waals surface area (Å²) < 4.78 is 39.8. The molecule has 1 heterocycles. The van der Waals surface area contributed by atoms with E-state index in [2.05, 4.69) is 5.10 Å². The van der Waals surface area contributed by atoms with Crippen LogP contribution in [0.2, 0.25) is 5.02 Å². The Balaban J connectivity index is 1.73. The van der Waals surface area contributed by atoms with E-state index in [0.29, 0.717) is 6.42 Å². The minimum Gasteiger partial charge on any atom is -0.256 e. The van der Waals surface area contributed by atoms with E-state index in [0.717, 1.165) is 29.0 Å². The van der Waals surface area contributed by atoms with E-state index in [9.17, 15) is 13.2 Å². The smallest absolute Gasteiger partial charge is 0.256 e. The summed E-state index contributed by atoms with van der Waals surface area (Å²) in [6, 6.07) is 22.4. The van der Waals surface area contributed by atoms with Crippen LogP contribution in [0.15, 0.2) is 90.0 Å². The Hall–Kier alpha value is -3.05. The molecule has 0 unspecified atom stereocenters. The van der Waals surface area contributed by atoms with Crippen LogP contribution in [0.1, 0.15) is 29.2 Å². The van der Waals surface area contributed by atoms with Gasteiger partial charge in [0.1, 0.15) is 0 Å². The highest BCUT2D eigenvalue weighted by Crippen LogP contribution is 2.41. The molecular formula is C24H18ClF3N2. The molecule has 2 nitrogen and oxygen atoms in total. The number of rotatable bonds is 4. The Kier molecular flexibility index (Phi) is 5.64. The second-order valence-electron chi connectivity index (χ2n) is 6.97. The number of hydrogen-bond donors (Lipinski definition) is 0. The Morgan fingerprint density at radius 2 is 1.57 bits per heavy atom. The average molecular weight is 427 g/mol. The van der Waals surface area contributed by atoms with Crippen molar-refractivity contribution in [3.05, 3.63) is 107 Å². The minimum absolute atomic E-state index is 0.223. The van der Waals surface area contributed by atoms with E-state index in [4.69, 9.17) is 11.6 Å². The predicted molar refractivity (Wildman–Crippen MR) is 116 cm³/mol. The molecule has 152 valence electrons. The molecule has 0 aliphatic carbocycles. The molecule has 0 saturated carbocycles. The summed E-state index contributed by atoms with van der Waals surface area (Å²) in [6.07, 6.45) is -0.0636. The van der Waals surface area contributed by atoms with Crippen molar-refractivity contribution in [1.82, 2.24) is 0 Å². The first kappa shape index (κ1) is 20.2. The van der Waals surface area contributed by atoms with Crippen molar-refractivity contribution >= 4 is 29.1 Å². The van der Waals surface area contributed by atoms with E-state index in [1.54, 1.807) is 5.01 Å². The molecule has 6 heteroatoms. The summed E-state index contributed by atoms with van der Waals surface area (Å²) in [5.74, 6) is 0. The third-order valence-electron chi connectivity index (χ3n) is 4.91. The van der Waals surface area contributed by atoms with Gasteiger partial charge in [0.2, 0.25) is 0 Å². The molecule has 0 N–H and O–H groups in total. The number of hydrogen-bond acceptors (Lipinski definition) is 2. The van der Waals surface area contributed by atoms with Gasteiger partial charge in [-0.05, 0) is 35.4 Å². The van der Waals surface area contributed by atoms with Gasteiger partial charge in [0, 0.05) is 6.42 Å². The quantitative estimate of drug-likeness (QED) is 0.425. The van der Waals surface area contributed by atoms with Crippen LogP contribution in [-0.4, -0.2) is 5.71 Å². The zero-order valence-corrected chi connectivity index (χ0v) is 16.6. The normalized spacial score (nSPS) is 16.9. The summed E-state index contributed by atoms with van der Waals surface area (Å²) in [5, 5.41) is 6.44. The van der Waals surface area contributed by atoms with Crippen LogP contribution in [-0.2, 0) is 6.18 Å². The van der Waals surface area contributed by atoms with Crippen LogP contribution in [0.3, 0.4) is 0 Å². The van der Waals surface area contributed by atoms with Gasteiger partial charge in [0.15, 0.2) is 0 Å². The molecule has 1 aliphatic heterocycles. The fourth-order valence-corrected chi connectivity index (χ4v) is 3.62. The molecule has 0 aromatic heterocycles. The summed E-state index contributed by atoms with van der Waals surface area (Å²) >= 11 is 6.30. The molecule has 1 atom stereocenters. The average Bonchev–Trinajstić information content (AvgIpc) is 3.17. The van der Waals surface area contributed by atoms with Crippen LogP contribution in [0.5, 0.6) is 0 Å². The van der Waals surface area contributed by atoms with E-state index in [1.807, 2.05) is 72.8 Å². The maximum absolute atomic E-state index is 13.3. The topological polar surface area (TPSA) is 15.6 Å². The van der Waals surface area contributed by atoms with Gasteiger partial charge in [-0.3, -0.25) is 5.01 Å². The van der Waals surface area contributed by atoms with Crippen molar-refractivity contribution in [3.63, 3.8) is 0 Å². The summed E-state index contributed by atoms with van der Waals surface area (Å²) in [4.78, 5) is 0. The molecule has 30 heavy (non-hydrogen) atoms. The van der Waals surface area contributed by atoms with Crippen molar-refractivity contribution in [3.8, 4) is 0 Å². The Morgan fingerprint density at radius 3 is 2.23 bits per heavy atom. The summed E-state index contributed by atoms with van der Waals surface area (Å²) in [7, 11) is 0. The second kappa shape index (κ2) is 8.36. The first-order valence-corrected chi connectivity index (χ1v) is 9.81. The lowest BCUT2D eigenvalue weighted by atomic mass is 10.0.